The first kappa shape index (κ1) is 16.1. The van der Waals surface area contributed by atoms with Gasteiger partial charge in [-0.05, 0) is 24.6 Å². The zero-order valence-corrected chi connectivity index (χ0v) is 13.9. The lowest BCUT2D eigenvalue weighted by molar-refractivity contribution is -0.139. The molecule has 1 heterocycles. The van der Waals surface area contributed by atoms with Crippen molar-refractivity contribution >= 4 is 45.6 Å². The number of nitrogens with one attached hydrogen (secondary N) is 1. The maximum absolute atomic E-state index is 11.2. The SMILES string of the molecule is COC(=O)Cc1csc(NC(C)c2ccc(Cl)cc2Cl)n1. The van der Waals surface area contributed by atoms with Crippen LogP contribution in [0.1, 0.15) is 24.2 Å². The van der Waals surface area contributed by atoms with Gasteiger partial charge in [-0.25, -0.2) is 4.98 Å². The van der Waals surface area contributed by atoms with Gasteiger partial charge in [0.15, 0.2) is 5.13 Å². The number of rotatable bonds is 5. The number of hydrogen-bond acceptors (Lipinski definition) is 5. The van der Waals surface area contributed by atoms with Crippen LogP contribution in [0.25, 0.3) is 0 Å². The largest absolute Gasteiger partial charge is 0.469 e. The first-order valence-electron chi connectivity index (χ1n) is 6.22. The summed E-state index contributed by atoms with van der Waals surface area (Å²) < 4.78 is 4.62. The van der Waals surface area contributed by atoms with Crippen LogP contribution in [0.3, 0.4) is 0 Å². The highest BCUT2D eigenvalue weighted by molar-refractivity contribution is 7.13. The minimum absolute atomic E-state index is 0.0214. The first-order valence-corrected chi connectivity index (χ1v) is 7.86. The topological polar surface area (TPSA) is 51.2 Å². The minimum Gasteiger partial charge on any atom is -0.469 e. The molecular weight excluding hydrogens is 331 g/mol. The zero-order chi connectivity index (χ0) is 15.4. The van der Waals surface area contributed by atoms with Gasteiger partial charge in [-0.2, -0.15) is 0 Å². The zero-order valence-electron chi connectivity index (χ0n) is 11.5. The van der Waals surface area contributed by atoms with Gasteiger partial charge in [0.1, 0.15) is 0 Å². The summed E-state index contributed by atoms with van der Waals surface area (Å²) in [5.41, 5.74) is 1.62. The standard InChI is InChI=1S/C14H14Cl2N2O2S/c1-8(11-4-3-9(15)5-12(11)16)17-14-18-10(7-21-14)6-13(19)20-2/h3-5,7-8H,6H2,1-2H3,(H,17,18). The Hall–Kier alpha value is -1.30. The van der Waals surface area contributed by atoms with E-state index in [9.17, 15) is 4.79 Å². The number of anilines is 1. The summed E-state index contributed by atoms with van der Waals surface area (Å²) in [5, 5.41) is 7.02. The van der Waals surface area contributed by atoms with E-state index in [0.717, 1.165) is 10.7 Å². The molecule has 0 fully saturated rings. The Morgan fingerprint density at radius 1 is 1.48 bits per heavy atom. The molecule has 0 aliphatic carbocycles. The fourth-order valence-corrected chi connectivity index (χ4v) is 3.16. The molecule has 0 spiro atoms. The molecule has 0 aliphatic heterocycles. The van der Waals surface area contributed by atoms with Gasteiger partial charge < -0.3 is 10.1 Å². The number of benzene rings is 1. The molecular formula is C14H14Cl2N2O2S. The summed E-state index contributed by atoms with van der Waals surface area (Å²) in [7, 11) is 1.36. The van der Waals surface area contributed by atoms with E-state index in [1.165, 1.54) is 18.4 Å². The molecule has 21 heavy (non-hydrogen) atoms. The van der Waals surface area contributed by atoms with E-state index >= 15 is 0 Å². The van der Waals surface area contributed by atoms with Gasteiger partial charge in [0.25, 0.3) is 0 Å². The van der Waals surface area contributed by atoms with Gasteiger partial charge in [-0.3, -0.25) is 4.79 Å². The van der Waals surface area contributed by atoms with E-state index in [1.54, 1.807) is 12.1 Å². The van der Waals surface area contributed by atoms with E-state index in [-0.39, 0.29) is 18.4 Å². The van der Waals surface area contributed by atoms with E-state index in [0.29, 0.717) is 15.7 Å². The molecule has 112 valence electrons. The van der Waals surface area contributed by atoms with Crippen LogP contribution in [-0.2, 0) is 16.0 Å². The Balaban J connectivity index is 2.05. The lowest BCUT2D eigenvalue weighted by Crippen LogP contribution is -2.08. The van der Waals surface area contributed by atoms with Crippen molar-refractivity contribution in [1.82, 2.24) is 4.98 Å². The second-order valence-corrected chi connectivity index (χ2v) is 6.13. The van der Waals surface area contributed by atoms with E-state index in [2.05, 4.69) is 15.0 Å². The Bertz CT molecular complexity index is 646. The number of ether oxygens (including phenoxy) is 1. The Kier molecular flexibility index (Phi) is 5.45. The average Bonchev–Trinajstić information content (AvgIpc) is 2.85. The van der Waals surface area contributed by atoms with Crippen molar-refractivity contribution in [3.63, 3.8) is 0 Å². The lowest BCUT2D eigenvalue weighted by atomic mass is 10.1. The Morgan fingerprint density at radius 3 is 2.90 bits per heavy atom. The summed E-state index contributed by atoms with van der Waals surface area (Å²) in [5.74, 6) is -0.305. The third-order valence-corrected chi connectivity index (χ3v) is 4.26. The Morgan fingerprint density at radius 2 is 2.24 bits per heavy atom. The summed E-state index contributed by atoms with van der Waals surface area (Å²) in [4.78, 5) is 15.6. The van der Waals surface area contributed by atoms with Crippen LogP contribution in [0.5, 0.6) is 0 Å². The van der Waals surface area contributed by atoms with Crippen molar-refractivity contribution < 1.29 is 9.53 Å². The van der Waals surface area contributed by atoms with Crippen LogP contribution in [0.4, 0.5) is 5.13 Å². The third kappa shape index (κ3) is 4.33. The average molecular weight is 345 g/mol. The van der Waals surface area contributed by atoms with Crippen molar-refractivity contribution in [2.75, 3.05) is 12.4 Å². The summed E-state index contributed by atoms with van der Waals surface area (Å²) in [6.45, 7) is 1.98. The maximum Gasteiger partial charge on any atom is 0.311 e. The van der Waals surface area contributed by atoms with Crippen molar-refractivity contribution in [2.24, 2.45) is 0 Å². The van der Waals surface area contributed by atoms with Crippen molar-refractivity contribution in [1.29, 1.82) is 0 Å². The number of halogens is 2. The van der Waals surface area contributed by atoms with Gasteiger partial charge in [0.05, 0.1) is 25.3 Å². The molecule has 0 saturated heterocycles. The lowest BCUT2D eigenvalue weighted by Gasteiger charge is -2.15. The number of nitrogens with zero attached hydrogens (tertiary/aromatic N) is 1. The van der Waals surface area contributed by atoms with Crippen LogP contribution < -0.4 is 5.32 Å². The first-order chi connectivity index (χ1) is 9.99. The molecule has 7 heteroatoms. The van der Waals surface area contributed by atoms with Crippen LogP contribution in [0.15, 0.2) is 23.6 Å². The third-order valence-electron chi connectivity index (χ3n) is 2.87. The number of methoxy groups -OCH3 is 1. The number of aromatic nitrogens is 1. The van der Waals surface area contributed by atoms with Crippen LogP contribution in [-0.4, -0.2) is 18.1 Å². The molecule has 1 unspecified atom stereocenters. The highest BCUT2D eigenvalue weighted by Crippen LogP contribution is 2.29. The van der Waals surface area contributed by atoms with Gasteiger partial charge in [0, 0.05) is 15.4 Å². The second kappa shape index (κ2) is 7.11. The molecule has 0 radical (unpaired) electrons. The molecule has 0 bridgehead atoms. The second-order valence-electron chi connectivity index (χ2n) is 4.43. The fourth-order valence-electron chi connectivity index (χ4n) is 1.79. The highest BCUT2D eigenvalue weighted by Gasteiger charge is 2.13. The molecule has 1 atom stereocenters. The molecule has 2 rings (SSSR count). The molecule has 1 aromatic carbocycles. The van der Waals surface area contributed by atoms with Gasteiger partial charge in [0.2, 0.25) is 0 Å². The smallest absolute Gasteiger partial charge is 0.311 e. The molecule has 0 saturated carbocycles. The van der Waals surface area contributed by atoms with Crippen LogP contribution in [0.2, 0.25) is 10.0 Å². The van der Waals surface area contributed by atoms with Crippen molar-refractivity contribution in [3.8, 4) is 0 Å². The number of carbonyl (C=O) groups is 1. The Labute approximate surface area is 137 Å². The van der Waals surface area contributed by atoms with Crippen molar-refractivity contribution in [3.05, 3.63) is 44.9 Å². The maximum atomic E-state index is 11.2. The molecule has 0 aliphatic rings. The molecule has 1 aromatic heterocycles. The highest BCUT2D eigenvalue weighted by atomic mass is 35.5. The fraction of sp³-hybridized carbons (Fsp3) is 0.286. The van der Waals surface area contributed by atoms with E-state index in [4.69, 9.17) is 23.2 Å². The van der Waals surface area contributed by atoms with E-state index < -0.39 is 0 Å². The summed E-state index contributed by atoms with van der Waals surface area (Å²) >= 11 is 13.5. The number of thiazole rings is 1. The van der Waals surface area contributed by atoms with Crippen LogP contribution >= 0.6 is 34.5 Å². The number of esters is 1. The molecule has 2 aromatic rings. The van der Waals surface area contributed by atoms with Crippen molar-refractivity contribution in [2.45, 2.75) is 19.4 Å². The van der Waals surface area contributed by atoms with Gasteiger partial charge in [-0.15, -0.1) is 11.3 Å². The molecule has 0 amide bonds. The summed E-state index contributed by atoms with van der Waals surface area (Å²) in [6.07, 6.45) is 0.171. The number of carbonyl (C=O) groups excluding carboxylic acids is 1. The van der Waals surface area contributed by atoms with Gasteiger partial charge in [-0.1, -0.05) is 29.3 Å². The van der Waals surface area contributed by atoms with Gasteiger partial charge >= 0.3 is 5.97 Å². The molecule has 1 N–H and O–H groups in total. The van der Waals surface area contributed by atoms with E-state index in [1.807, 2.05) is 18.4 Å². The predicted molar refractivity (Wildman–Crippen MR) is 86.3 cm³/mol. The predicted octanol–water partition coefficient (Wildman–Crippen LogP) is 4.34. The normalized spacial score (nSPS) is 12.0. The summed E-state index contributed by atoms with van der Waals surface area (Å²) in [6, 6.07) is 5.37. The minimum atomic E-state index is -0.305. The van der Waals surface area contributed by atoms with Crippen LogP contribution in [0, 0.1) is 0 Å². The monoisotopic (exact) mass is 344 g/mol. The quantitative estimate of drug-likeness (QED) is 0.819. The molecule has 4 nitrogen and oxygen atoms in total. The number of hydrogen-bond donors (Lipinski definition) is 1.